The predicted octanol–water partition coefficient (Wildman–Crippen LogP) is 8.34. The van der Waals surface area contributed by atoms with Gasteiger partial charge in [0.1, 0.15) is 0 Å². The topological polar surface area (TPSA) is 101 Å². The van der Waals surface area contributed by atoms with E-state index in [1.807, 2.05) is 0 Å². The molecule has 0 fully saturated rings. The Bertz CT molecular complexity index is 1420. The van der Waals surface area contributed by atoms with E-state index in [4.69, 9.17) is 10.2 Å². The summed E-state index contributed by atoms with van der Waals surface area (Å²) in [7, 11) is 1.27. The number of carboxylic acid groups (broad SMARTS) is 2. The Balaban J connectivity index is 0.000000345. The maximum Gasteiger partial charge on any atom is 0.416 e. The zero-order valence-corrected chi connectivity index (χ0v) is 23.8. The Morgan fingerprint density at radius 2 is 0.957 bits per heavy atom. The van der Waals surface area contributed by atoms with Crippen LogP contribution in [0.3, 0.4) is 0 Å². The zero-order valence-electron chi connectivity index (χ0n) is 23.8. The monoisotopic (exact) mass is 666 g/mol. The van der Waals surface area contributed by atoms with Crippen molar-refractivity contribution in [3.8, 4) is 0 Å². The van der Waals surface area contributed by atoms with Crippen molar-refractivity contribution in [2.24, 2.45) is 0 Å². The lowest BCUT2D eigenvalue weighted by Crippen LogP contribution is -2.05. The number of carboxylic acids is 2. The lowest BCUT2D eigenvalue weighted by atomic mass is 10.1. The SMILES string of the molecule is COC(=O)CCc1ccc(C(F)(F)F)cc1.O=C(O)/C=C/c1ccc(C(F)(F)F)cc1.O=C(O)CCc1ccc(C(F)(F)F)cc1. The van der Waals surface area contributed by atoms with E-state index in [-0.39, 0.29) is 25.2 Å². The van der Waals surface area contributed by atoms with E-state index in [0.29, 0.717) is 23.1 Å². The van der Waals surface area contributed by atoms with Crippen LogP contribution in [0.1, 0.15) is 46.2 Å². The summed E-state index contributed by atoms with van der Waals surface area (Å²) in [6.45, 7) is 0. The molecule has 250 valence electrons. The summed E-state index contributed by atoms with van der Waals surface area (Å²) in [6, 6.07) is 13.5. The smallest absolute Gasteiger partial charge is 0.416 e. The number of methoxy groups -OCH3 is 1. The number of carbonyl (C=O) groups excluding carboxylic acids is 1. The number of rotatable bonds is 8. The van der Waals surface area contributed by atoms with Gasteiger partial charge in [0.15, 0.2) is 0 Å². The van der Waals surface area contributed by atoms with Crippen molar-refractivity contribution in [2.75, 3.05) is 7.11 Å². The summed E-state index contributed by atoms with van der Waals surface area (Å²) in [6.07, 6.45) is -10.2. The lowest BCUT2D eigenvalue weighted by molar-refractivity contribution is -0.141. The molecule has 46 heavy (non-hydrogen) atoms. The minimum atomic E-state index is -4.37. The van der Waals surface area contributed by atoms with Gasteiger partial charge in [-0.15, -0.1) is 0 Å². The van der Waals surface area contributed by atoms with Crippen molar-refractivity contribution < 1.29 is 68.8 Å². The normalized spacial score (nSPS) is 11.5. The largest absolute Gasteiger partial charge is 0.481 e. The number of aryl methyl sites for hydroxylation is 2. The Hall–Kier alpha value is -4.82. The van der Waals surface area contributed by atoms with E-state index < -0.39 is 47.2 Å². The third kappa shape index (κ3) is 15.8. The molecule has 0 aliphatic heterocycles. The highest BCUT2D eigenvalue weighted by Crippen LogP contribution is 2.31. The van der Waals surface area contributed by atoms with Gasteiger partial charge >= 0.3 is 36.4 Å². The molecule has 0 aliphatic rings. The molecule has 0 amide bonds. The third-order valence-corrected chi connectivity index (χ3v) is 5.69. The molecule has 6 nitrogen and oxygen atoms in total. The van der Waals surface area contributed by atoms with Gasteiger partial charge in [-0.25, -0.2) is 4.79 Å². The second kappa shape index (κ2) is 17.6. The van der Waals surface area contributed by atoms with E-state index in [9.17, 15) is 53.9 Å². The first-order valence-electron chi connectivity index (χ1n) is 12.9. The second-order valence-electron chi connectivity index (χ2n) is 9.15. The molecule has 3 rings (SSSR count). The molecular weight excluding hydrogens is 639 g/mol. The quantitative estimate of drug-likeness (QED) is 0.143. The van der Waals surface area contributed by atoms with Gasteiger partial charge in [-0.05, 0) is 72.0 Å². The summed E-state index contributed by atoms with van der Waals surface area (Å²) in [5.41, 5.74) is -0.486. The minimum absolute atomic E-state index is 0.0780. The zero-order chi connectivity index (χ0) is 35.1. The molecule has 0 unspecified atom stereocenters. The van der Waals surface area contributed by atoms with Gasteiger partial charge in [0.25, 0.3) is 0 Å². The molecule has 3 aromatic carbocycles. The van der Waals surface area contributed by atoms with Crippen LogP contribution in [0, 0.1) is 0 Å². The predicted molar refractivity (Wildman–Crippen MR) is 147 cm³/mol. The molecule has 3 aromatic rings. The Kier molecular flexibility index (Phi) is 15.0. The number of esters is 1. The van der Waals surface area contributed by atoms with Crippen LogP contribution in [-0.2, 0) is 50.5 Å². The molecule has 0 atom stereocenters. The number of aliphatic carboxylic acids is 2. The molecule has 0 radical (unpaired) electrons. The fraction of sp³-hybridized carbons (Fsp3) is 0.258. The minimum Gasteiger partial charge on any atom is -0.481 e. The number of halogens is 9. The Morgan fingerprint density at radius 3 is 1.26 bits per heavy atom. The van der Waals surface area contributed by atoms with Crippen molar-refractivity contribution in [1.82, 2.24) is 0 Å². The average Bonchev–Trinajstić information content (AvgIpc) is 2.97. The molecule has 0 aromatic heterocycles. The van der Waals surface area contributed by atoms with Crippen LogP contribution in [0.4, 0.5) is 39.5 Å². The van der Waals surface area contributed by atoms with Crippen LogP contribution < -0.4 is 0 Å². The summed E-state index contributed by atoms with van der Waals surface area (Å²) in [4.78, 5) is 31.2. The van der Waals surface area contributed by atoms with Crippen LogP contribution in [0.25, 0.3) is 6.08 Å². The van der Waals surface area contributed by atoms with Crippen LogP contribution in [0.5, 0.6) is 0 Å². The number of benzene rings is 3. The molecule has 0 aliphatic carbocycles. The van der Waals surface area contributed by atoms with Gasteiger partial charge in [-0.1, -0.05) is 36.4 Å². The first kappa shape index (κ1) is 39.2. The highest BCUT2D eigenvalue weighted by Gasteiger charge is 2.31. The van der Waals surface area contributed by atoms with Crippen molar-refractivity contribution >= 4 is 24.0 Å². The van der Waals surface area contributed by atoms with E-state index >= 15 is 0 Å². The second-order valence-corrected chi connectivity index (χ2v) is 9.15. The average molecular weight is 667 g/mol. The summed E-state index contributed by atoms with van der Waals surface area (Å²) in [5.74, 6) is -2.48. The lowest BCUT2D eigenvalue weighted by Gasteiger charge is -2.07. The molecule has 0 saturated carbocycles. The van der Waals surface area contributed by atoms with Gasteiger partial charge in [-0.2, -0.15) is 39.5 Å². The van der Waals surface area contributed by atoms with Gasteiger partial charge in [-0.3, -0.25) is 9.59 Å². The maximum absolute atomic E-state index is 12.2. The van der Waals surface area contributed by atoms with E-state index in [1.165, 1.54) is 49.6 Å². The Labute approximate surface area is 256 Å². The molecular formula is C31H27F9O6. The van der Waals surface area contributed by atoms with Gasteiger partial charge in [0.05, 0.1) is 23.8 Å². The van der Waals surface area contributed by atoms with Crippen molar-refractivity contribution in [3.63, 3.8) is 0 Å². The fourth-order valence-corrected chi connectivity index (χ4v) is 3.27. The van der Waals surface area contributed by atoms with Crippen molar-refractivity contribution in [2.45, 2.75) is 44.2 Å². The van der Waals surface area contributed by atoms with Gasteiger partial charge in [0, 0.05) is 18.9 Å². The first-order valence-corrected chi connectivity index (χ1v) is 12.9. The van der Waals surface area contributed by atoms with Crippen LogP contribution in [0.2, 0.25) is 0 Å². The molecule has 0 heterocycles. The number of hydrogen-bond donors (Lipinski definition) is 2. The number of carbonyl (C=O) groups is 3. The summed E-state index contributed by atoms with van der Waals surface area (Å²) in [5, 5.41) is 16.7. The summed E-state index contributed by atoms with van der Waals surface area (Å²) >= 11 is 0. The van der Waals surface area contributed by atoms with Crippen molar-refractivity contribution in [1.29, 1.82) is 0 Å². The van der Waals surface area contributed by atoms with Gasteiger partial charge in [0.2, 0.25) is 0 Å². The Morgan fingerprint density at radius 1 is 0.609 bits per heavy atom. The van der Waals surface area contributed by atoms with E-state index in [1.54, 1.807) is 0 Å². The first-order chi connectivity index (χ1) is 21.2. The highest BCUT2D eigenvalue weighted by atomic mass is 19.4. The van der Waals surface area contributed by atoms with E-state index in [2.05, 4.69) is 4.74 Å². The molecule has 0 saturated heterocycles. The van der Waals surface area contributed by atoms with Crippen LogP contribution >= 0.6 is 0 Å². The maximum atomic E-state index is 12.2. The van der Waals surface area contributed by atoms with Crippen LogP contribution in [0.15, 0.2) is 78.9 Å². The third-order valence-electron chi connectivity index (χ3n) is 5.69. The standard InChI is InChI=1S/C11H11F3O2.C10H9F3O2.C10H7F3O2/c1-16-10(15)7-4-8-2-5-9(6-3-8)11(12,13)14;2*11-10(12,13)8-4-1-7(2-5-8)3-6-9(14)15/h2-3,5-6H,4,7H2,1H3;1-2,4-5H,3,6H2,(H,14,15);1-6H,(H,14,15)/b;;6-3+. The van der Waals surface area contributed by atoms with Gasteiger partial charge < -0.3 is 14.9 Å². The number of hydrogen-bond acceptors (Lipinski definition) is 4. The molecule has 0 bridgehead atoms. The molecule has 15 heteroatoms. The number of ether oxygens (including phenoxy) is 1. The summed E-state index contributed by atoms with van der Waals surface area (Å²) < 4.78 is 114. The molecule has 0 spiro atoms. The van der Waals surface area contributed by atoms with Crippen LogP contribution in [-0.4, -0.2) is 35.2 Å². The van der Waals surface area contributed by atoms with E-state index in [0.717, 1.165) is 42.5 Å². The molecule has 2 N–H and O–H groups in total. The van der Waals surface area contributed by atoms with Crippen molar-refractivity contribution in [3.05, 3.63) is 112 Å². The fourth-order valence-electron chi connectivity index (χ4n) is 3.27. The highest BCUT2D eigenvalue weighted by molar-refractivity contribution is 5.85. The number of alkyl halides is 9.